The minimum atomic E-state index is -0.466. The summed E-state index contributed by atoms with van der Waals surface area (Å²) in [7, 11) is 0. The van der Waals surface area contributed by atoms with Gasteiger partial charge < -0.3 is 10.6 Å². The molecule has 0 spiro atoms. The van der Waals surface area contributed by atoms with Crippen LogP contribution in [-0.2, 0) is 0 Å². The maximum Gasteiger partial charge on any atom is 0.353 e. The molecule has 0 aromatic carbocycles. The van der Waals surface area contributed by atoms with Crippen molar-refractivity contribution in [3.05, 3.63) is 16.4 Å². The molecule has 0 bridgehead atoms. The summed E-state index contributed by atoms with van der Waals surface area (Å²) < 4.78 is 0. The fraction of sp³-hybridized carbons (Fsp3) is 0.600. The van der Waals surface area contributed by atoms with E-state index >= 15 is 0 Å². The first kappa shape index (κ1) is 13.1. The number of hydrogen-bond donors (Lipinski definition) is 2. The molecule has 1 rings (SSSR count). The van der Waals surface area contributed by atoms with Gasteiger partial charge in [0.2, 0.25) is 11.6 Å². The molecule has 0 unspecified atom stereocenters. The van der Waals surface area contributed by atoms with Gasteiger partial charge in [0.25, 0.3) is 0 Å². The number of nitro groups is 1. The number of hydrogen-bond acceptors (Lipinski definition) is 6. The summed E-state index contributed by atoms with van der Waals surface area (Å²) >= 11 is 0. The van der Waals surface area contributed by atoms with Gasteiger partial charge in [0.15, 0.2) is 0 Å². The van der Waals surface area contributed by atoms with Crippen LogP contribution in [-0.4, -0.2) is 28.0 Å². The average molecular weight is 239 g/mol. The Labute approximate surface area is 99.8 Å². The molecule has 0 fully saturated rings. The predicted octanol–water partition coefficient (Wildman–Crippen LogP) is 2.03. The molecule has 2 N–H and O–H groups in total. The highest BCUT2D eigenvalue weighted by Crippen LogP contribution is 2.28. The summed E-state index contributed by atoms with van der Waals surface area (Å²) in [4.78, 5) is 18.3. The quantitative estimate of drug-likeness (QED) is 0.429. The minimum absolute atomic E-state index is 0.0922. The monoisotopic (exact) mass is 239 g/mol. The molecule has 0 saturated carbocycles. The standard InChI is InChI=1S/C10H17N5O2/c1-3-5-6-12-10-8(15(16)17)9(11-4-2)13-7-14-10/h7H,3-6H2,1-2H3,(H2,11,12,13,14). The first-order chi connectivity index (χ1) is 8.20. The summed E-state index contributed by atoms with van der Waals surface area (Å²) in [6.07, 6.45) is 3.28. The molecule has 1 aromatic heterocycles. The molecule has 1 heterocycles. The van der Waals surface area contributed by atoms with Crippen molar-refractivity contribution in [2.45, 2.75) is 26.7 Å². The summed E-state index contributed by atoms with van der Waals surface area (Å²) in [5.41, 5.74) is -0.0922. The third kappa shape index (κ3) is 3.54. The fourth-order valence-electron chi connectivity index (χ4n) is 1.36. The Morgan fingerprint density at radius 2 is 1.94 bits per heavy atom. The van der Waals surface area contributed by atoms with Crippen molar-refractivity contribution in [1.82, 2.24) is 9.97 Å². The second kappa shape index (κ2) is 6.62. The number of aromatic nitrogens is 2. The lowest BCUT2D eigenvalue weighted by molar-refractivity contribution is -0.383. The first-order valence-corrected chi connectivity index (χ1v) is 5.67. The molecular formula is C10H17N5O2. The highest BCUT2D eigenvalue weighted by atomic mass is 16.6. The Morgan fingerprint density at radius 1 is 1.29 bits per heavy atom. The minimum Gasteiger partial charge on any atom is -0.364 e. The van der Waals surface area contributed by atoms with Gasteiger partial charge in [-0.3, -0.25) is 10.1 Å². The van der Waals surface area contributed by atoms with Gasteiger partial charge >= 0.3 is 5.69 Å². The third-order valence-electron chi connectivity index (χ3n) is 2.17. The molecule has 7 heteroatoms. The zero-order valence-corrected chi connectivity index (χ0v) is 10.1. The second-order valence-electron chi connectivity index (χ2n) is 3.49. The summed E-state index contributed by atoms with van der Waals surface area (Å²) in [5.74, 6) is 0.529. The maximum absolute atomic E-state index is 11.0. The van der Waals surface area contributed by atoms with Crippen molar-refractivity contribution >= 4 is 17.3 Å². The van der Waals surface area contributed by atoms with Crippen molar-refractivity contribution in [2.75, 3.05) is 23.7 Å². The highest BCUT2D eigenvalue weighted by molar-refractivity contribution is 5.69. The van der Waals surface area contributed by atoms with Gasteiger partial charge in [-0.15, -0.1) is 0 Å². The SMILES string of the molecule is CCCCNc1ncnc(NCC)c1[N+](=O)[O-]. The van der Waals surface area contributed by atoms with Gasteiger partial charge in [-0.1, -0.05) is 13.3 Å². The molecule has 0 amide bonds. The van der Waals surface area contributed by atoms with E-state index in [1.807, 2.05) is 6.92 Å². The Morgan fingerprint density at radius 3 is 2.47 bits per heavy atom. The van der Waals surface area contributed by atoms with E-state index in [1.165, 1.54) is 6.33 Å². The van der Waals surface area contributed by atoms with Crippen LogP contribution in [0, 0.1) is 10.1 Å². The Kier molecular flexibility index (Phi) is 5.12. The van der Waals surface area contributed by atoms with Gasteiger partial charge in [0, 0.05) is 13.1 Å². The van der Waals surface area contributed by atoms with Gasteiger partial charge in [0.05, 0.1) is 4.92 Å². The first-order valence-electron chi connectivity index (χ1n) is 5.67. The number of rotatable bonds is 7. The third-order valence-corrected chi connectivity index (χ3v) is 2.17. The Balaban J connectivity index is 2.94. The molecular weight excluding hydrogens is 222 g/mol. The van der Waals surface area contributed by atoms with Crippen LogP contribution in [0.25, 0.3) is 0 Å². The predicted molar refractivity (Wildman–Crippen MR) is 66.2 cm³/mol. The van der Waals surface area contributed by atoms with Crippen molar-refractivity contribution in [1.29, 1.82) is 0 Å². The van der Waals surface area contributed by atoms with Crippen LogP contribution in [0.2, 0.25) is 0 Å². The van der Waals surface area contributed by atoms with Crippen LogP contribution >= 0.6 is 0 Å². The Hall–Kier alpha value is -1.92. The number of unbranched alkanes of at least 4 members (excludes halogenated alkanes) is 1. The molecule has 0 radical (unpaired) electrons. The van der Waals surface area contributed by atoms with Crippen LogP contribution in [0.15, 0.2) is 6.33 Å². The molecule has 0 aliphatic rings. The van der Waals surface area contributed by atoms with Crippen LogP contribution in [0.4, 0.5) is 17.3 Å². The van der Waals surface area contributed by atoms with Gasteiger partial charge in [-0.05, 0) is 13.3 Å². The van der Waals surface area contributed by atoms with Crippen molar-refractivity contribution in [3.63, 3.8) is 0 Å². The smallest absolute Gasteiger partial charge is 0.353 e. The summed E-state index contributed by atoms with van der Waals surface area (Å²) in [5, 5.41) is 16.8. The van der Waals surface area contributed by atoms with E-state index in [0.29, 0.717) is 13.1 Å². The van der Waals surface area contributed by atoms with Crippen LogP contribution in [0.5, 0.6) is 0 Å². The van der Waals surface area contributed by atoms with Crippen LogP contribution in [0.3, 0.4) is 0 Å². The molecule has 0 atom stereocenters. The summed E-state index contributed by atoms with van der Waals surface area (Å²) in [6.45, 7) is 5.16. The van der Waals surface area contributed by atoms with Crippen molar-refractivity contribution in [2.24, 2.45) is 0 Å². The van der Waals surface area contributed by atoms with Gasteiger partial charge in [-0.25, -0.2) is 9.97 Å². The van der Waals surface area contributed by atoms with E-state index in [4.69, 9.17) is 0 Å². The van der Waals surface area contributed by atoms with Gasteiger partial charge in [-0.2, -0.15) is 0 Å². The normalized spacial score (nSPS) is 10.0. The van der Waals surface area contributed by atoms with E-state index in [0.717, 1.165) is 12.8 Å². The van der Waals surface area contributed by atoms with E-state index < -0.39 is 4.92 Å². The highest BCUT2D eigenvalue weighted by Gasteiger charge is 2.21. The van der Waals surface area contributed by atoms with Crippen LogP contribution in [0.1, 0.15) is 26.7 Å². The van der Waals surface area contributed by atoms with E-state index in [-0.39, 0.29) is 17.3 Å². The number of nitrogens with zero attached hydrogens (tertiary/aromatic N) is 3. The van der Waals surface area contributed by atoms with E-state index in [1.54, 1.807) is 0 Å². The fourth-order valence-corrected chi connectivity index (χ4v) is 1.36. The zero-order valence-electron chi connectivity index (χ0n) is 10.1. The lowest BCUT2D eigenvalue weighted by Gasteiger charge is -2.08. The molecule has 94 valence electrons. The maximum atomic E-state index is 11.0. The summed E-state index contributed by atoms with van der Waals surface area (Å²) in [6, 6.07) is 0. The zero-order chi connectivity index (χ0) is 12.7. The molecule has 7 nitrogen and oxygen atoms in total. The van der Waals surface area contributed by atoms with Gasteiger partial charge in [0.1, 0.15) is 6.33 Å². The molecule has 0 saturated heterocycles. The van der Waals surface area contributed by atoms with Crippen molar-refractivity contribution in [3.8, 4) is 0 Å². The number of anilines is 2. The van der Waals surface area contributed by atoms with E-state index in [2.05, 4.69) is 27.5 Å². The number of nitrogens with one attached hydrogen (secondary N) is 2. The van der Waals surface area contributed by atoms with E-state index in [9.17, 15) is 10.1 Å². The average Bonchev–Trinajstić information content (AvgIpc) is 2.29. The molecule has 0 aliphatic heterocycles. The Bertz CT molecular complexity index is 383. The molecule has 17 heavy (non-hydrogen) atoms. The lowest BCUT2D eigenvalue weighted by Crippen LogP contribution is -2.10. The van der Waals surface area contributed by atoms with Crippen molar-refractivity contribution < 1.29 is 4.92 Å². The largest absolute Gasteiger partial charge is 0.364 e. The topological polar surface area (TPSA) is 93.0 Å². The molecule has 0 aliphatic carbocycles. The lowest BCUT2D eigenvalue weighted by atomic mass is 10.3. The second-order valence-corrected chi connectivity index (χ2v) is 3.49. The van der Waals surface area contributed by atoms with Crippen LogP contribution < -0.4 is 10.6 Å². The molecule has 1 aromatic rings.